The molecule has 0 spiro atoms. The molecule has 140 valence electrons. The Kier molecular flexibility index (Phi) is 4.44. The zero-order valence-corrected chi connectivity index (χ0v) is 14.2. The van der Waals surface area contributed by atoms with E-state index in [-0.39, 0.29) is 11.4 Å². The van der Waals surface area contributed by atoms with Gasteiger partial charge in [-0.3, -0.25) is 4.79 Å². The molecule has 5 nitrogen and oxygen atoms in total. The van der Waals surface area contributed by atoms with Gasteiger partial charge in [0.2, 0.25) is 0 Å². The van der Waals surface area contributed by atoms with Gasteiger partial charge in [0, 0.05) is 24.1 Å². The lowest BCUT2D eigenvalue weighted by Crippen LogP contribution is -2.15. The van der Waals surface area contributed by atoms with Crippen molar-refractivity contribution in [3.05, 3.63) is 83.9 Å². The summed E-state index contributed by atoms with van der Waals surface area (Å²) in [6.45, 7) is 0. The average Bonchev–Trinajstić information content (AvgIpc) is 3.13. The fourth-order valence-corrected chi connectivity index (χ4v) is 2.71. The number of nitrogens with zero attached hydrogens (tertiary/aromatic N) is 1. The van der Waals surface area contributed by atoms with Crippen molar-refractivity contribution in [3.63, 3.8) is 0 Å². The molecule has 0 bridgehead atoms. The molecule has 0 aliphatic carbocycles. The van der Waals surface area contributed by atoms with Gasteiger partial charge in [-0.2, -0.15) is 0 Å². The topological polar surface area (TPSA) is 67.0 Å². The van der Waals surface area contributed by atoms with Gasteiger partial charge in [0.15, 0.2) is 11.6 Å². The summed E-state index contributed by atoms with van der Waals surface area (Å²) in [7, 11) is 0. The van der Waals surface area contributed by atoms with Crippen molar-refractivity contribution in [1.82, 2.24) is 9.97 Å². The van der Waals surface area contributed by atoms with Crippen molar-refractivity contribution in [1.29, 1.82) is 0 Å². The molecule has 2 aromatic carbocycles. The Morgan fingerprint density at radius 1 is 0.964 bits per heavy atom. The zero-order valence-electron chi connectivity index (χ0n) is 14.2. The van der Waals surface area contributed by atoms with Gasteiger partial charge in [-0.15, -0.1) is 0 Å². The lowest BCUT2D eigenvalue weighted by atomic mass is 10.1. The van der Waals surface area contributed by atoms with Gasteiger partial charge in [0.25, 0.3) is 5.91 Å². The van der Waals surface area contributed by atoms with Gasteiger partial charge in [0.1, 0.15) is 28.6 Å². The minimum absolute atomic E-state index is 0.0269. The molecule has 4 rings (SSSR count). The number of amides is 1. The number of anilines is 1. The number of hydrogen-bond acceptors (Lipinski definition) is 3. The number of H-pyrrole nitrogens is 1. The SMILES string of the molecule is O=C(Nc1ccc(Oc2ccnc3[nH]ccc23)c(F)c1)c1c(F)cccc1F. The van der Waals surface area contributed by atoms with Crippen LogP contribution in [0.3, 0.4) is 0 Å². The summed E-state index contributed by atoms with van der Waals surface area (Å²) in [5.41, 5.74) is -0.123. The minimum Gasteiger partial charge on any atom is -0.453 e. The highest BCUT2D eigenvalue weighted by Crippen LogP contribution is 2.31. The molecule has 4 aromatic rings. The Hall–Kier alpha value is -3.81. The molecule has 0 unspecified atom stereocenters. The number of benzene rings is 2. The number of aromatic amines is 1. The lowest BCUT2D eigenvalue weighted by molar-refractivity contribution is 0.101. The maximum atomic E-state index is 14.4. The smallest absolute Gasteiger partial charge is 0.261 e. The Balaban J connectivity index is 1.56. The molecule has 0 aliphatic rings. The second kappa shape index (κ2) is 7.07. The first-order valence-corrected chi connectivity index (χ1v) is 8.18. The van der Waals surface area contributed by atoms with Crippen LogP contribution >= 0.6 is 0 Å². The van der Waals surface area contributed by atoms with Crippen LogP contribution in [0.4, 0.5) is 18.9 Å². The highest BCUT2D eigenvalue weighted by molar-refractivity contribution is 6.04. The molecule has 28 heavy (non-hydrogen) atoms. The second-order valence-electron chi connectivity index (χ2n) is 5.85. The Bertz CT molecular complexity index is 1170. The molecule has 2 heterocycles. The quantitative estimate of drug-likeness (QED) is 0.520. The Labute approximate surface area is 156 Å². The van der Waals surface area contributed by atoms with Gasteiger partial charge in [-0.1, -0.05) is 6.07 Å². The van der Waals surface area contributed by atoms with E-state index < -0.39 is 28.9 Å². The molecule has 2 aromatic heterocycles. The largest absolute Gasteiger partial charge is 0.453 e. The van der Waals surface area contributed by atoms with Crippen LogP contribution in [-0.4, -0.2) is 15.9 Å². The summed E-state index contributed by atoms with van der Waals surface area (Å²) in [5, 5.41) is 2.94. The average molecular weight is 383 g/mol. The van der Waals surface area contributed by atoms with Gasteiger partial charge in [0.05, 0.1) is 5.39 Å². The van der Waals surface area contributed by atoms with E-state index in [0.29, 0.717) is 16.8 Å². The summed E-state index contributed by atoms with van der Waals surface area (Å²) in [6, 6.07) is 10.1. The number of pyridine rings is 1. The third-order valence-electron chi connectivity index (χ3n) is 4.02. The van der Waals surface area contributed by atoms with E-state index >= 15 is 0 Å². The van der Waals surface area contributed by atoms with Crippen molar-refractivity contribution >= 4 is 22.6 Å². The monoisotopic (exact) mass is 383 g/mol. The first kappa shape index (κ1) is 17.6. The molecule has 8 heteroatoms. The number of rotatable bonds is 4. The van der Waals surface area contributed by atoms with Crippen LogP contribution in [0.1, 0.15) is 10.4 Å². The van der Waals surface area contributed by atoms with Gasteiger partial charge in [-0.25, -0.2) is 18.2 Å². The molecule has 2 N–H and O–H groups in total. The normalized spacial score (nSPS) is 10.8. The second-order valence-corrected chi connectivity index (χ2v) is 5.85. The summed E-state index contributed by atoms with van der Waals surface area (Å²) in [5.74, 6) is -3.48. The van der Waals surface area contributed by atoms with Crippen molar-refractivity contribution in [2.24, 2.45) is 0 Å². The number of ether oxygens (including phenoxy) is 1. The molecule has 0 aliphatic heterocycles. The number of carbonyl (C=O) groups is 1. The third kappa shape index (κ3) is 3.27. The summed E-state index contributed by atoms with van der Waals surface area (Å²) >= 11 is 0. The van der Waals surface area contributed by atoms with Crippen molar-refractivity contribution in [2.45, 2.75) is 0 Å². The van der Waals surface area contributed by atoms with Crippen LogP contribution in [0.15, 0.2) is 60.9 Å². The summed E-state index contributed by atoms with van der Waals surface area (Å²) in [4.78, 5) is 19.1. The molecule has 0 saturated carbocycles. The van der Waals surface area contributed by atoms with E-state index in [9.17, 15) is 18.0 Å². The van der Waals surface area contributed by atoms with E-state index in [0.717, 1.165) is 24.3 Å². The molecule has 0 radical (unpaired) electrons. The molecule has 1 amide bonds. The maximum Gasteiger partial charge on any atom is 0.261 e. The number of halogens is 3. The first-order valence-electron chi connectivity index (χ1n) is 8.18. The van der Waals surface area contributed by atoms with Crippen LogP contribution in [0.25, 0.3) is 11.0 Å². The predicted octanol–water partition coefficient (Wildman–Crippen LogP) is 5.02. The number of hydrogen-bond donors (Lipinski definition) is 2. The summed E-state index contributed by atoms with van der Waals surface area (Å²) in [6.07, 6.45) is 3.20. The third-order valence-corrected chi connectivity index (χ3v) is 4.02. The number of aromatic nitrogens is 2. The van der Waals surface area contributed by atoms with E-state index in [1.54, 1.807) is 18.3 Å². The minimum atomic E-state index is -1.02. The zero-order chi connectivity index (χ0) is 19.7. The Morgan fingerprint density at radius 3 is 2.50 bits per heavy atom. The maximum absolute atomic E-state index is 14.4. The summed E-state index contributed by atoms with van der Waals surface area (Å²) < 4.78 is 47.4. The molecule has 0 fully saturated rings. The van der Waals surface area contributed by atoms with Crippen LogP contribution < -0.4 is 10.1 Å². The van der Waals surface area contributed by atoms with Gasteiger partial charge in [-0.05, 0) is 36.4 Å². The highest BCUT2D eigenvalue weighted by atomic mass is 19.1. The van der Waals surface area contributed by atoms with Crippen molar-refractivity contribution in [2.75, 3.05) is 5.32 Å². The molecule has 0 saturated heterocycles. The number of carbonyl (C=O) groups excluding carboxylic acids is 1. The van der Waals surface area contributed by atoms with Crippen molar-refractivity contribution < 1.29 is 22.7 Å². The predicted molar refractivity (Wildman–Crippen MR) is 96.9 cm³/mol. The van der Waals surface area contributed by atoms with E-state index in [2.05, 4.69) is 15.3 Å². The lowest BCUT2D eigenvalue weighted by Gasteiger charge is -2.10. The van der Waals surface area contributed by atoms with Crippen LogP contribution in [-0.2, 0) is 0 Å². The van der Waals surface area contributed by atoms with E-state index in [4.69, 9.17) is 4.74 Å². The standard InChI is InChI=1S/C20H12F3N3O2/c21-13-2-1-3-14(22)18(13)20(27)26-11-4-5-17(15(23)10-11)28-16-7-9-25-19-12(16)6-8-24-19/h1-10H,(H,24,25)(H,26,27). The number of fused-ring (bicyclic) bond motifs is 1. The van der Waals surface area contributed by atoms with Crippen LogP contribution in [0.2, 0.25) is 0 Å². The molecular formula is C20H12F3N3O2. The first-order chi connectivity index (χ1) is 13.5. The highest BCUT2D eigenvalue weighted by Gasteiger charge is 2.18. The van der Waals surface area contributed by atoms with E-state index in [1.807, 2.05) is 0 Å². The van der Waals surface area contributed by atoms with Crippen molar-refractivity contribution in [3.8, 4) is 11.5 Å². The van der Waals surface area contributed by atoms with Gasteiger partial charge >= 0.3 is 0 Å². The number of nitrogens with one attached hydrogen (secondary N) is 2. The van der Waals surface area contributed by atoms with Gasteiger partial charge < -0.3 is 15.0 Å². The fraction of sp³-hybridized carbons (Fsp3) is 0. The molecule has 0 atom stereocenters. The fourth-order valence-electron chi connectivity index (χ4n) is 2.71. The Morgan fingerprint density at radius 2 is 1.75 bits per heavy atom. The van der Waals surface area contributed by atoms with Crippen LogP contribution in [0, 0.1) is 17.5 Å². The van der Waals surface area contributed by atoms with Crippen LogP contribution in [0.5, 0.6) is 11.5 Å². The van der Waals surface area contributed by atoms with E-state index in [1.165, 1.54) is 18.3 Å². The molecular weight excluding hydrogens is 371 g/mol.